The van der Waals surface area contributed by atoms with Gasteiger partial charge in [0.05, 0.1) is 7.11 Å². The molecule has 0 bridgehead atoms. The molecule has 5 rings (SSSR count). The van der Waals surface area contributed by atoms with E-state index in [0.717, 1.165) is 66.0 Å². The first-order chi connectivity index (χ1) is 16.5. The van der Waals surface area contributed by atoms with Crippen molar-refractivity contribution in [2.75, 3.05) is 42.4 Å². The highest BCUT2D eigenvalue weighted by molar-refractivity contribution is 5.88. The maximum atomic E-state index is 5.31. The number of anilines is 5. The Bertz CT molecular complexity index is 1290. The van der Waals surface area contributed by atoms with E-state index in [1.165, 1.54) is 12.0 Å². The van der Waals surface area contributed by atoms with Gasteiger partial charge in [0.2, 0.25) is 11.9 Å². The van der Waals surface area contributed by atoms with E-state index in [1.807, 2.05) is 60.0 Å². The molecule has 2 aromatic carbocycles. The summed E-state index contributed by atoms with van der Waals surface area (Å²) in [5.74, 6) is 3.11. The quantitative estimate of drug-likeness (QED) is 0.428. The Morgan fingerprint density at radius 1 is 0.971 bits per heavy atom. The van der Waals surface area contributed by atoms with Crippen molar-refractivity contribution in [1.82, 2.24) is 19.5 Å². The van der Waals surface area contributed by atoms with Gasteiger partial charge in [-0.15, -0.1) is 0 Å². The zero-order valence-electron chi connectivity index (χ0n) is 20.2. The summed E-state index contributed by atoms with van der Waals surface area (Å²) in [6.45, 7) is 4.05. The Kier molecular flexibility index (Phi) is 5.96. The van der Waals surface area contributed by atoms with E-state index in [4.69, 9.17) is 19.7 Å². The molecule has 0 unspecified atom stereocenters. The lowest BCUT2D eigenvalue weighted by molar-refractivity contribution is 0.415. The highest BCUT2D eigenvalue weighted by atomic mass is 16.5. The average molecular weight is 458 g/mol. The second-order valence-electron chi connectivity index (χ2n) is 8.81. The third-order valence-electron chi connectivity index (χ3n) is 6.38. The number of imidazole rings is 1. The zero-order chi connectivity index (χ0) is 23.7. The standard InChI is InChI=1S/C26H31N7O/c1-18-9-8-10-19(17-18)27-25-28-22-23(32(25)3)29-26(30-24(22)33-15-6-5-7-16-33)31(2)20-11-13-21(34-4)14-12-20/h8-14,17H,5-7,15-16H2,1-4H3,(H,27,28). The van der Waals surface area contributed by atoms with Gasteiger partial charge in [0.1, 0.15) is 5.75 Å². The Hall–Kier alpha value is -3.81. The fourth-order valence-electron chi connectivity index (χ4n) is 4.40. The van der Waals surface area contributed by atoms with Crippen molar-refractivity contribution in [3.63, 3.8) is 0 Å². The maximum absolute atomic E-state index is 5.31. The van der Waals surface area contributed by atoms with Crippen molar-refractivity contribution < 1.29 is 4.74 Å². The number of aryl methyl sites for hydroxylation is 2. The van der Waals surface area contributed by atoms with Gasteiger partial charge in [0.15, 0.2) is 17.0 Å². The van der Waals surface area contributed by atoms with Crippen molar-refractivity contribution in [3.05, 3.63) is 54.1 Å². The predicted molar refractivity (Wildman–Crippen MR) is 138 cm³/mol. The van der Waals surface area contributed by atoms with Crippen molar-refractivity contribution >= 4 is 40.3 Å². The van der Waals surface area contributed by atoms with Gasteiger partial charge >= 0.3 is 0 Å². The predicted octanol–water partition coefficient (Wildman–Crippen LogP) is 5.18. The first kappa shape index (κ1) is 22.0. The maximum Gasteiger partial charge on any atom is 0.233 e. The second kappa shape index (κ2) is 9.21. The third kappa shape index (κ3) is 4.23. The molecule has 4 aromatic rings. The first-order valence-corrected chi connectivity index (χ1v) is 11.7. The molecule has 0 atom stereocenters. The van der Waals surface area contributed by atoms with Gasteiger partial charge in [0.25, 0.3) is 0 Å². The molecule has 8 nitrogen and oxygen atoms in total. The van der Waals surface area contributed by atoms with Crippen molar-refractivity contribution in [2.45, 2.75) is 26.2 Å². The first-order valence-electron chi connectivity index (χ1n) is 11.7. The Morgan fingerprint density at radius 3 is 2.44 bits per heavy atom. The number of fused-ring (bicyclic) bond motifs is 1. The van der Waals surface area contributed by atoms with E-state index in [-0.39, 0.29) is 0 Å². The normalized spacial score (nSPS) is 13.8. The summed E-state index contributed by atoms with van der Waals surface area (Å²) in [6.07, 6.45) is 3.58. The van der Waals surface area contributed by atoms with E-state index < -0.39 is 0 Å². The summed E-state index contributed by atoms with van der Waals surface area (Å²) in [6, 6.07) is 16.2. The van der Waals surface area contributed by atoms with Crippen molar-refractivity contribution in [1.29, 1.82) is 0 Å². The molecule has 0 amide bonds. The summed E-state index contributed by atoms with van der Waals surface area (Å²) in [7, 11) is 5.66. The van der Waals surface area contributed by atoms with Gasteiger partial charge in [-0.2, -0.15) is 9.97 Å². The van der Waals surface area contributed by atoms with Crippen LogP contribution in [0.3, 0.4) is 0 Å². The SMILES string of the molecule is COc1ccc(N(C)c2nc(N3CCCCC3)c3nc(Nc4cccc(C)c4)n(C)c3n2)cc1. The molecule has 0 saturated carbocycles. The number of aromatic nitrogens is 4. The lowest BCUT2D eigenvalue weighted by Crippen LogP contribution is -2.31. The molecular formula is C26H31N7O. The monoisotopic (exact) mass is 457 g/mol. The molecule has 8 heteroatoms. The van der Waals surface area contributed by atoms with E-state index in [2.05, 4.69) is 29.3 Å². The molecule has 34 heavy (non-hydrogen) atoms. The largest absolute Gasteiger partial charge is 0.497 e. The number of methoxy groups -OCH3 is 1. The molecule has 176 valence electrons. The number of rotatable bonds is 6. The molecule has 3 heterocycles. The zero-order valence-corrected chi connectivity index (χ0v) is 20.2. The number of piperidine rings is 1. The van der Waals surface area contributed by atoms with Crippen LogP contribution in [0.2, 0.25) is 0 Å². The molecule has 1 saturated heterocycles. The Labute approximate surface area is 200 Å². The van der Waals surface area contributed by atoms with Crippen LogP contribution in [0.4, 0.5) is 29.1 Å². The van der Waals surface area contributed by atoms with Crippen LogP contribution in [0.15, 0.2) is 48.5 Å². The minimum Gasteiger partial charge on any atom is -0.497 e. The van der Waals surface area contributed by atoms with E-state index in [9.17, 15) is 0 Å². The number of benzene rings is 2. The van der Waals surface area contributed by atoms with Crippen molar-refractivity contribution in [3.8, 4) is 5.75 Å². The molecule has 2 aromatic heterocycles. The smallest absolute Gasteiger partial charge is 0.233 e. The fourth-order valence-corrected chi connectivity index (χ4v) is 4.40. The molecule has 1 fully saturated rings. The number of hydrogen-bond acceptors (Lipinski definition) is 7. The van der Waals surface area contributed by atoms with Gasteiger partial charge < -0.3 is 19.9 Å². The summed E-state index contributed by atoms with van der Waals surface area (Å²) < 4.78 is 7.32. The molecule has 1 aliphatic rings. The Balaban J connectivity index is 1.59. The number of nitrogens with zero attached hydrogens (tertiary/aromatic N) is 6. The van der Waals surface area contributed by atoms with Gasteiger partial charge in [-0.1, -0.05) is 12.1 Å². The average Bonchev–Trinajstić information content (AvgIpc) is 3.18. The molecule has 0 spiro atoms. The van der Waals surface area contributed by atoms with E-state index in [0.29, 0.717) is 5.95 Å². The molecule has 1 N–H and O–H groups in total. The third-order valence-corrected chi connectivity index (χ3v) is 6.38. The summed E-state index contributed by atoms with van der Waals surface area (Å²) in [5.41, 5.74) is 4.82. The minimum atomic E-state index is 0.642. The number of nitrogens with one attached hydrogen (secondary N) is 1. The van der Waals surface area contributed by atoms with Gasteiger partial charge in [0, 0.05) is 38.6 Å². The molecule has 1 aliphatic heterocycles. The van der Waals surface area contributed by atoms with Crippen LogP contribution < -0.4 is 19.9 Å². The van der Waals surface area contributed by atoms with Crippen LogP contribution in [-0.4, -0.2) is 46.8 Å². The van der Waals surface area contributed by atoms with Crippen LogP contribution in [0.1, 0.15) is 24.8 Å². The molecule has 0 aliphatic carbocycles. The minimum absolute atomic E-state index is 0.642. The summed E-state index contributed by atoms with van der Waals surface area (Å²) >= 11 is 0. The Morgan fingerprint density at radius 2 is 1.74 bits per heavy atom. The van der Waals surface area contributed by atoms with Crippen LogP contribution >= 0.6 is 0 Å². The van der Waals surface area contributed by atoms with Crippen LogP contribution in [0.5, 0.6) is 5.75 Å². The lowest BCUT2D eigenvalue weighted by atomic mass is 10.1. The van der Waals surface area contributed by atoms with Crippen molar-refractivity contribution in [2.24, 2.45) is 7.05 Å². The summed E-state index contributed by atoms with van der Waals surface area (Å²) in [4.78, 5) is 19.3. The summed E-state index contributed by atoms with van der Waals surface area (Å²) in [5, 5.41) is 3.46. The van der Waals surface area contributed by atoms with Crippen LogP contribution in [0, 0.1) is 6.92 Å². The lowest BCUT2D eigenvalue weighted by Gasteiger charge is -2.28. The number of hydrogen-bond donors (Lipinski definition) is 1. The number of ether oxygens (including phenoxy) is 1. The van der Waals surface area contributed by atoms with Crippen LogP contribution in [0.25, 0.3) is 11.2 Å². The fraction of sp³-hybridized carbons (Fsp3) is 0.346. The van der Waals surface area contributed by atoms with E-state index >= 15 is 0 Å². The highest BCUT2D eigenvalue weighted by Gasteiger charge is 2.23. The van der Waals surface area contributed by atoms with Gasteiger partial charge in [-0.05, 0) is 68.1 Å². The van der Waals surface area contributed by atoms with Gasteiger partial charge in [-0.25, -0.2) is 4.98 Å². The van der Waals surface area contributed by atoms with Crippen LogP contribution in [-0.2, 0) is 7.05 Å². The van der Waals surface area contributed by atoms with Gasteiger partial charge in [-0.3, -0.25) is 4.57 Å². The highest BCUT2D eigenvalue weighted by Crippen LogP contribution is 2.32. The topological polar surface area (TPSA) is 71.3 Å². The molecule has 0 radical (unpaired) electrons. The second-order valence-corrected chi connectivity index (χ2v) is 8.81. The van der Waals surface area contributed by atoms with E-state index in [1.54, 1.807) is 7.11 Å². The molecular weight excluding hydrogens is 426 g/mol.